The van der Waals surface area contributed by atoms with Gasteiger partial charge in [-0.2, -0.15) is 0 Å². The van der Waals surface area contributed by atoms with Gasteiger partial charge < -0.3 is 10.1 Å². The number of nitrogens with zero attached hydrogens (tertiary/aromatic N) is 4. The fourth-order valence-corrected chi connectivity index (χ4v) is 6.66. The van der Waals surface area contributed by atoms with E-state index in [0.717, 1.165) is 32.2 Å². The van der Waals surface area contributed by atoms with Crippen LogP contribution in [-0.2, 0) is 22.6 Å². The van der Waals surface area contributed by atoms with Gasteiger partial charge >= 0.3 is 0 Å². The SMILES string of the molecule is Cc1cccc(-n2c(=O)c3c4c(sc3n3c(SCC(=O)Nc5ccccc5)nnc23)COC(C)(C)C4)c1. The molecule has 1 aliphatic rings. The number of ether oxygens (including phenoxy) is 1. The topological polar surface area (TPSA) is 90.5 Å². The van der Waals surface area contributed by atoms with Crippen LogP contribution >= 0.6 is 23.1 Å². The van der Waals surface area contributed by atoms with Crippen molar-refractivity contribution in [3.05, 3.63) is 81.0 Å². The Kier molecular flexibility index (Phi) is 5.89. The van der Waals surface area contributed by atoms with E-state index >= 15 is 0 Å². The maximum atomic E-state index is 14.1. The lowest BCUT2D eigenvalue weighted by atomic mass is 9.94. The van der Waals surface area contributed by atoms with E-state index in [1.165, 1.54) is 23.1 Å². The third-order valence-electron chi connectivity index (χ3n) is 6.35. The molecule has 0 bridgehead atoms. The predicted molar refractivity (Wildman–Crippen MR) is 147 cm³/mol. The van der Waals surface area contributed by atoms with E-state index in [4.69, 9.17) is 4.74 Å². The highest BCUT2D eigenvalue weighted by Crippen LogP contribution is 2.39. The summed E-state index contributed by atoms with van der Waals surface area (Å²) in [4.78, 5) is 28.5. The molecule has 188 valence electrons. The smallest absolute Gasteiger partial charge is 0.268 e. The quantitative estimate of drug-likeness (QED) is 0.322. The van der Waals surface area contributed by atoms with Crippen LogP contribution in [0.15, 0.2) is 64.5 Å². The van der Waals surface area contributed by atoms with Gasteiger partial charge in [0, 0.05) is 17.0 Å². The zero-order chi connectivity index (χ0) is 25.7. The number of amides is 1. The average Bonchev–Trinajstić information content (AvgIpc) is 3.44. The van der Waals surface area contributed by atoms with Gasteiger partial charge in [-0.25, -0.2) is 8.97 Å². The summed E-state index contributed by atoms with van der Waals surface area (Å²) in [6.07, 6.45) is 0.640. The van der Waals surface area contributed by atoms with Crippen LogP contribution in [0, 0.1) is 6.92 Å². The molecule has 0 saturated heterocycles. The first-order valence-corrected chi connectivity index (χ1v) is 13.7. The van der Waals surface area contributed by atoms with E-state index in [9.17, 15) is 9.59 Å². The number of rotatable bonds is 5. The minimum Gasteiger partial charge on any atom is -0.370 e. The van der Waals surface area contributed by atoms with Gasteiger partial charge in [-0.05, 0) is 56.2 Å². The molecule has 0 unspecified atom stereocenters. The van der Waals surface area contributed by atoms with Gasteiger partial charge in [-0.3, -0.25) is 9.59 Å². The summed E-state index contributed by atoms with van der Waals surface area (Å²) in [5.41, 5.74) is 3.05. The highest BCUT2D eigenvalue weighted by atomic mass is 32.2. The van der Waals surface area contributed by atoms with Crippen LogP contribution in [0.4, 0.5) is 5.69 Å². The number of nitrogens with one attached hydrogen (secondary N) is 1. The van der Waals surface area contributed by atoms with E-state index in [2.05, 4.69) is 15.5 Å². The van der Waals surface area contributed by atoms with Crippen LogP contribution < -0.4 is 10.9 Å². The Balaban J connectivity index is 1.50. The maximum absolute atomic E-state index is 14.1. The van der Waals surface area contributed by atoms with Crippen LogP contribution in [0.3, 0.4) is 0 Å². The second-order valence-electron chi connectivity index (χ2n) is 9.71. The van der Waals surface area contributed by atoms with Crippen molar-refractivity contribution in [1.29, 1.82) is 0 Å². The maximum Gasteiger partial charge on any atom is 0.268 e. The molecule has 0 atom stereocenters. The number of carbonyl (C=O) groups is 1. The third-order valence-corrected chi connectivity index (χ3v) is 8.47. The highest BCUT2D eigenvalue weighted by molar-refractivity contribution is 7.99. The number of anilines is 1. The molecular weight excluding hydrogens is 506 g/mol. The second-order valence-corrected chi connectivity index (χ2v) is 11.7. The van der Waals surface area contributed by atoms with Crippen molar-refractivity contribution in [3.8, 4) is 5.69 Å². The van der Waals surface area contributed by atoms with E-state index < -0.39 is 0 Å². The number of hydrogen-bond donors (Lipinski definition) is 1. The number of thiophene rings is 1. The fourth-order valence-electron chi connectivity index (χ4n) is 4.65. The molecule has 0 spiro atoms. The van der Waals surface area contributed by atoms with Crippen molar-refractivity contribution in [2.75, 3.05) is 11.1 Å². The van der Waals surface area contributed by atoms with Gasteiger partial charge in [0.05, 0.1) is 29.0 Å². The van der Waals surface area contributed by atoms with Crippen molar-refractivity contribution < 1.29 is 9.53 Å². The lowest BCUT2D eigenvalue weighted by Crippen LogP contribution is -2.32. The zero-order valence-electron chi connectivity index (χ0n) is 20.6. The van der Waals surface area contributed by atoms with Crippen molar-refractivity contribution in [2.24, 2.45) is 0 Å². The molecule has 4 heterocycles. The molecule has 0 saturated carbocycles. The Hall–Kier alpha value is -3.47. The number of aromatic nitrogens is 4. The molecule has 1 N–H and O–H groups in total. The number of aryl methyl sites for hydroxylation is 1. The molecule has 1 amide bonds. The average molecular weight is 532 g/mol. The Bertz CT molecular complexity index is 1720. The standard InChI is InChI=1S/C27H25N5O3S2/c1-16-8-7-11-18(12-16)31-23(34)22-19-13-27(2,3)35-14-20(19)37-24(22)32-25(31)29-30-26(32)36-15-21(33)28-17-9-5-4-6-10-17/h4-12H,13-15H2,1-3H3,(H,28,33). The molecule has 0 radical (unpaired) electrons. The lowest BCUT2D eigenvalue weighted by molar-refractivity contribution is -0.113. The van der Waals surface area contributed by atoms with Crippen LogP contribution in [-0.4, -0.2) is 36.4 Å². The summed E-state index contributed by atoms with van der Waals surface area (Å²) in [5, 5.41) is 13.0. The number of hydrogen-bond acceptors (Lipinski definition) is 7. The zero-order valence-corrected chi connectivity index (χ0v) is 22.3. The largest absolute Gasteiger partial charge is 0.370 e. The fraction of sp³-hybridized carbons (Fsp3) is 0.259. The first-order chi connectivity index (χ1) is 17.8. The van der Waals surface area contributed by atoms with E-state index in [-0.39, 0.29) is 22.8 Å². The van der Waals surface area contributed by atoms with E-state index in [1.807, 2.05) is 79.8 Å². The molecule has 3 aromatic heterocycles. The minimum atomic E-state index is -0.364. The van der Waals surface area contributed by atoms with Crippen molar-refractivity contribution in [3.63, 3.8) is 0 Å². The van der Waals surface area contributed by atoms with Gasteiger partial charge in [0.25, 0.3) is 5.56 Å². The summed E-state index contributed by atoms with van der Waals surface area (Å²) < 4.78 is 9.60. The van der Waals surface area contributed by atoms with Gasteiger partial charge in [0.15, 0.2) is 5.16 Å². The van der Waals surface area contributed by atoms with Crippen LogP contribution in [0.2, 0.25) is 0 Å². The summed E-state index contributed by atoms with van der Waals surface area (Å²) >= 11 is 2.83. The molecule has 2 aromatic carbocycles. The Labute approximate surface area is 221 Å². The Morgan fingerprint density at radius 3 is 2.76 bits per heavy atom. The first kappa shape index (κ1) is 23.9. The molecule has 0 aliphatic carbocycles. The normalized spacial score (nSPS) is 14.7. The number of carbonyl (C=O) groups excluding carboxylic acids is 1. The number of para-hydroxylation sites is 1. The van der Waals surface area contributed by atoms with E-state index in [1.54, 1.807) is 4.57 Å². The predicted octanol–water partition coefficient (Wildman–Crippen LogP) is 4.99. The molecule has 5 aromatic rings. The summed E-state index contributed by atoms with van der Waals surface area (Å²) in [6, 6.07) is 17.1. The third kappa shape index (κ3) is 4.35. The number of fused-ring (bicyclic) bond motifs is 5. The summed E-state index contributed by atoms with van der Waals surface area (Å²) in [6.45, 7) is 6.54. The monoisotopic (exact) mass is 531 g/mol. The second kappa shape index (κ2) is 9.13. The molecule has 10 heteroatoms. The highest BCUT2D eigenvalue weighted by Gasteiger charge is 2.32. The van der Waals surface area contributed by atoms with E-state index in [0.29, 0.717) is 29.3 Å². The minimum absolute atomic E-state index is 0.117. The van der Waals surface area contributed by atoms with Gasteiger partial charge in [0.2, 0.25) is 11.7 Å². The van der Waals surface area contributed by atoms with Crippen molar-refractivity contribution in [2.45, 2.75) is 44.6 Å². The molecule has 6 rings (SSSR count). The molecule has 37 heavy (non-hydrogen) atoms. The Morgan fingerprint density at radius 2 is 1.97 bits per heavy atom. The molecule has 0 fully saturated rings. The van der Waals surface area contributed by atoms with Crippen LogP contribution in [0.5, 0.6) is 0 Å². The van der Waals surface area contributed by atoms with Crippen LogP contribution in [0.1, 0.15) is 29.9 Å². The van der Waals surface area contributed by atoms with Gasteiger partial charge in [0.1, 0.15) is 4.83 Å². The number of benzene rings is 2. The summed E-state index contributed by atoms with van der Waals surface area (Å²) in [5.74, 6) is 0.437. The van der Waals surface area contributed by atoms with Gasteiger partial charge in [-0.1, -0.05) is 42.1 Å². The Morgan fingerprint density at radius 1 is 1.16 bits per heavy atom. The van der Waals surface area contributed by atoms with Crippen molar-refractivity contribution >= 4 is 50.7 Å². The van der Waals surface area contributed by atoms with Gasteiger partial charge in [-0.15, -0.1) is 21.5 Å². The molecule has 8 nitrogen and oxygen atoms in total. The van der Waals surface area contributed by atoms with Crippen molar-refractivity contribution in [1.82, 2.24) is 19.2 Å². The molecular formula is C27H25N5O3S2. The summed E-state index contributed by atoms with van der Waals surface area (Å²) in [7, 11) is 0. The first-order valence-electron chi connectivity index (χ1n) is 11.9. The number of thioether (sulfide) groups is 1. The van der Waals surface area contributed by atoms with Crippen LogP contribution in [0.25, 0.3) is 21.7 Å². The molecule has 1 aliphatic heterocycles. The lowest BCUT2D eigenvalue weighted by Gasteiger charge is -2.29.